The molecule has 4 atom stereocenters. The first-order chi connectivity index (χ1) is 26.7. The van der Waals surface area contributed by atoms with Gasteiger partial charge in [-0.2, -0.15) is 0 Å². The van der Waals surface area contributed by atoms with Crippen LogP contribution < -0.4 is 0 Å². The maximum absolute atomic E-state index is 12.9. The Labute approximate surface area is 358 Å². The zero-order valence-corrected chi connectivity index (χ0v) is 40.7. The lowest BCUT2D eigenvalue weighted by Gasteiger charge is -2.47. The second-order valence-electron chi connectivity index (χ2n) is 21.7. The minimum atomic E-state index is -0.958. The number of ether oxygens (including phenoxy) is 5. The van der Waals surface area contributed by atoms with E-state index in [-0.39, 0.29) is 36.4 Å². The molecule has 344 valence electrons. The SMILES string of the molecule is CCCCCCCC/C=C\CCCCCCCC(=O)OC(C)(C)CCOC(C)(C)CC(C1OCC(C(C)C)C1C(C)(C)OCC(C)(C)O)C(C)(C)OCCC(C)(C)O. The summed E-state index contributed by atoms with van der Waals surface area (Å²) < 4.78 is 32.6. The summed E-state index contributed by atoms with van der Waals surface area (Å²) in [7, 11) is 0. The Morgan fingerprint density at radius 2 is 1.22 bits per heavy atom. The van der Waals surface area contributed by atoms with E-state index in [2.05, 4.69) is 74.5 Å². The van der Waals surface area contributed by atoms with Crippen molar-refractivity contribution in [1.82, 2.24) is 0 Å². The van der Waals surface area contributed by atoms with E-state index >= 15 is 0 Å². The van der Waals surface area contributed by atoms with Crippen molar-refractivity contribution in [3.63, 3.8) is 0 Å². The van der Waals surface area contributed by atoms with Crippen LogP contribution in [0.2, 0.25) is 0 Å². The van der Waals surface area contributed by atoms with Crippen molar-refractivity contribution in [2.45, 2.75) is 253 Å². The number of hydrogen-bond acceptors (Lipinski definition) is 8. The van der Waals surface area contributed by atoms with Gasteiger partial charge in [0.05, 0.1) is 60.5 Å². The third-order valence-corrected chi connectivity index (χ3v) is 12.2. The second-order valence-corrected chi connectivity index (χ2v) is 21.7. The van der Waals surface area contributed by atoms with Crippen molar-refractivity contribution < 1.29 is 38.7 Å². The molecule has 0 aliphatic carbocycles. The average Bonchev–Trinajstić information content (AvgIpc) is 3.53. The number of carbonyl (C=O) groups is 1. The summed E-state index contributed by atoms with van der Waals surface area (Å²) >= 11 is 0. The molecule has 8 nitrogen and oxygen atoms in total. The molecule has 4 unspecified atom stereocenters. The van der Waals surface area contributed by atoms with Gasteiger partial charge >= 0.3 is 5.97 Å². The van der Waals surface area contributed by atoms with Gasteiger partial charge in [-0.05, 0) is 140 Å². The minimum absolute atomic E-state index is 0.0350. The van der Waals surface area contributed by atoms with Crippen LogP contribution in [0.4, 0.5) is 0 Å². The lowest BCUT2D eigenvalue weighted by atomic mass is 9.66. The molecule has 1 saturated heterocycles. The Balaban J connectivity index is 2.80. The monoisotopic (exact) mass is 825 g/mol. The largest absolute Gasteiger partial charge is 0.460 e. The Hall–Kier alpha value is -1.03. The third-order valence-electron chi connectivity index (χ3n) is 12.2. The first kappa shape index (κ1) is 55.0. The smallest absolute Gasteiger partial charge is 0.306 e. The van der Waals surface area contributed by atoms with Gasteiger partial charge < -0.3 is 33.9 Å². The molecule has 1 heterocycles. The summed E-state index contributed by atoms with van der Waals surface area (Å²) in [5.74, 6) is 0.437. The quantitative estimate of drug-likeness (QED) is 0.0383. The molecule has 0 bridgehead atoms. The molecule has 1 aliphatic heterocycles. The first-order valence-electron chi connectivity index (χ1n) is 23.6. The summed E-state index contributed by atoms with van der Waals surface area (Å²) in [5, 5.41) is 21.1. The highest BCUT2D eigenvalue weighted by Gasteiger charge is 2.55. The standard InChI is InChI=1S/C50H96O8/c1-16-17-18-19-20-21-22-23-24-25-26-27-28-29-30-31-42(51)58-47(8,9)33-35-55-48(10,11)36-41(49(12,13)56-34-32-45(4,5)52)44-43(40(37-54-44)39(2)3)50(14,15)57-38-46(6,7)53/h23-24,39-41,43-44,52-53H,16-22,25-38H2,1-15H3/b24-23-. The molecule has 0 spiro atoms. The van der Waals surface area contributed by atoms with E-state index in [1.165, 1.54) is 57.8 Å². The van der Waals surface area contributed by atoms with Crippen molar-refractivity contribution >= 4 is 5.97 Å². The predicted octanol–water partition coefficient (Wildman–Crippen LogP) is 12.3. The highest BCUT2D eigenvalue weighted by atomic mass is 16.6. The summed E-state index contributed by atoms with van der Waals surface area (Å²) in [5.41, 5.74) is -4.18. The molecule has 0 aromatic rings. The van der Waals surface area contributed by atoms with Crippen LogP contribution in [0.25, 0.3) is 0 Å². The fourth-order valence-electron chi connectivity index (χ4n) is 8.36. The third kappa shape index (κ3) is 23.8. The Morgan fingerprint density at radius 1 is 0.690 bits per heavy atom. The molecule has 0 saturated carbocycles. The fourth-order valence-corrected chi connectivity index (χ4v) is 8.36. The number of allylic oxidation sites excluding steroid dienone is 2. The van der Waals surface area contributed by atoms with E-state index in [9.17, 15) is 15.0 Å². The first-order valence-corrected chi connectivity index (χ1v) is 23.6. The highest BCUT2D eigenvalue weighted by Crippen LogP contribution is 2.49. The summed E-state index contributed by atoms with van der Waals surface area (Å²) in [6.07, 6.45) is 22.7. The van der Waals surface area contributed by atoms with Gasteiger partial charge in [0.1, 0.15) is 5.60 Å². The average molecular weight is 825 g/mol. The molecule has 58 heavy (non-hydrogen) atoms. The van der Waals surface area contributed by atoms with Gasteiger partial charge in [0.25, 0.3) is 0 Å². The van der Waals surface area contributed by atoms with E-state index in [1.54, 1.807) is 13.8 Å². The van der Waals surface area contributed by atoms with Crippen LogP contribution in [0.1, 0.15) is 213 Å². The minimum Gasteiger partial charge on any atom is -0.460 e. The van der Waals surface area contributed by atoms with Crippen molar-refractivity contribution in [2.75, 3.05) is 26.4 Å². The van der Waals surface area contributed by atoms with E-state index in [0.717, 1.165) is 25.7 Å². The Bertz CT molecular complexity index is 1130. The van der Waals surface area contributed by atoms with Gasteiger partial charge in [-0.25, -0.2) is 0 Å². The molecule has 8 heteroatoms. The number of aliphatic hydroxyl groups is 2. The predicted molar refractivity (Wildman–Crippen MR) is 241 cm³/mol. The molecule has 0 aromatic heterocycles. The topological polar surface area (TPSA) is 104 Å². The molecule has 1 rings (SSSR count). The Morgan fingerprint density at radius 3 is 1.76 bits per heavy atom. The highest BCUT2D eigenvalue weighted by molar-refractivity contribution is 5.69. The van der Waals surface area contributed by atoms with E-state index in [4.69, 9.17) is 23.7 Å². The number of rotatable bonds is 33. The zero-order chi connectivity index (χ0) is 44.3. The molecular formula is C50H96O8. The fraction of sp³-hybridized carbons (Fsp3) is 0.940. The van der Waals surface area contributed by atoms with Crippen LogP contribution in [-0.2, 0) is 28.5 Å². The van der Waals surface area contributed by atoms with E-state index < -0.39 is 33.6 Å². The van der Waals surface area contributed by atoms with E-state index in [1.807, 2.05) is 27.7 Å². The van der Waals surface area contributed by atoms with Crippen molar-refractivity contribution in [3.05, 3.63) is 12.2 Å². The van der Waals surface area contributed by atoms with Gasteiger partial charge in [0.15, 0.2) is 0 Å². The maximum Gasteiger partial charge on any atom is 0.306 e. The molecule has 0 aromatic carbocycles. The second kappa shape index (κ2) is 25.8. The molecule has 2 N–H and O–H groups in total. The van der Waals surface area contributed by atoms with Gasteiger partial charge in [0.2, 0.25) is 0 Å². The number of unbranched alkanes of at least 4 members (excludes halogenated alkanes) is 11. The van der Waals surface area contributed by atoms with Crippen molar-refractivity contribution in [1.29, 1.82) is 0 Å². The Kier molecular flexibility index (Phi) is 24.5. The normalized spacial score (nSPS) is 19.4. The van der Waals surface area contributed by atoms with E-state index in [0.29, 0.717) is 51.4 Å². The number of esters is 1. The van der Waals surface area contributed by atoms with Crippen LogP contribution in [0.15, 0.2) is 12.2 Å². The molecule has 1 aliphatic rings. The van der Waals surface area contributed by atoms with Crippen LogP contribution in [0.3, 0.4) is 0 Å². The molecule has 0 radical (unpaired) electrons. The number of hydrogen-bond donors (Lipinski definition) is 2. The molecule has 0 amide bonds. The van der Waals surface area contributed by atoms with Gasteiger partial charge in [0, 0.05) is 24.7 Å². The van der Waals surface area contributed by atoms with Gasteiger partial charge in [-0.3, -0.25) is 4.79 Å². The number of carbonyl (C=O) groups excluding carboxylic acids is 1. The molecular weight excluding hydrogens is 729 g/mol. The van der Waals surface area contributed by atoms with Crippen molar-refractivity contribution in [2.24, 2.45) is 23.7 Å². The van der Waals surface area contributed by atoms with Crippen LogP contribution in [-0.4, -0.2) is 82.3 Å². The van der Waals surface area contributed by atoms with Crippen LogP contribution in [0, 0.1) is 23.7 Å². The summed E-state index contributed by atoms with van der Waals surface area (Å²) in [6, 6.07) is 0. The molecule has 1 fully saturated rings. The van der Waals surface area contributed by atoms with Gasteiger partial charge in [-0.15, -0.1) is 0 Å². The lowest BCUT2D eigenvalue weighted by Crippen LogP contribution is -2.54. The van der Waals surface area contributed by atoms with Crippen molar-refractivity contribution in [3.8, 4) is 0 Å². The summed E-state index contributed by atoms with van der Waals surface area (Å²) in [4.78, 5) is 12.9. The lowest BCUT2D eigenvalue weighted by molar-refractivity contribution is -0.176. The summed E-state index contributed by atoms with van der Waals surface area (Å²) in [6.45, 7) is 32.3. The van der Waals surface area contributed by atoms with Gasteiger partial charge in [-0.1, -0.05) is 84.3 Å². The zero-order valence-electron chi connectivity index (χ0n) is 40.7. The maximum atomic E-state index is 12.9. The van der Waals surface area contributed by atoms with Crippen LogP contribution in [0.5, 0.6) is 0 Å². The van der Waals surface area contributed by atoms with Crippen LogP contribution >= 0.6 is 0 Å².